The molecule has 0 atom stereocenters. The molecule has 5 nitrogen and oxygen atoms in total. The van der Waals surface area contributed by atoms with Gasteiger partial charge in [0.2, 0.25) is 0 Å². The molecule has 2 N–H and O–H groups in total. The number of halogens is 2. The van der Waals surface area contributed by atoms with Crippen LogP contribution in [0.2, 0.25) is 0 Å². The summed E-state index contributed by atoms with van der Waals surface area (Å²) < 4.78 is 28.7. The maximum absolute atomic E-state index is 12.3. The molecule has 128 valence electrons. The highest BCUT2D eigenvalue weighted by Crippen LogP contribution is 2.19. The van der Waals surface area contributed by atoms with E-state index in [0.29, 0.717) is 28.1 Å². The number of benzene rings is 1. The number of carbonyl (C=O) groups is 2. The van der Waals surface area contributed by atoms with Gasteiger partial charge in [0.25, 0.3) is 5.91 Å². The van der Waals surface area contributed by atoms with Gasteiger partial charge in [-0.1, -0.05) is 12.1 Å². The second-order valence-electron chi connectivity index (χ2n) is 5.39. The van der Waals surface area contributed by atoms with Crippen molar-refractivity contribution in [2.45, 2.75) is 33.9 Å². The lowest BCUT2D eigenvalue weighted by molar-refractivity contribution is -0.0498. The first-order valence-electron chi connectivity index (χ1n) is 7.31. The van der Waals surface area contributed by atoms with E-state index < -0.39 is 6.61 Å². The lowest BCUT2D eigenvalue weighted by atomic mass is 10.1. The summed E-state index contributed by atoms with van der Waals surface area (Å²) in [6.07, 6.45) is 0. The van der Waals surface area contributed by atoms with Crippen molar-refractivity contribution < 1.29 is 23.1 Å². The number of nitrogens with one attached hydrogen (secondary N) is 2. The van der Waals surface area contributed by atoms with Crippen LogP contribution in [0.15, 0.2) is 24.3 Å². The lowest BCUT2D eigenvalue weighted by Gasteiger charge is -2.08. The number of alkyl halides is 2. The van der Waals surface area contributed by atoms with Crippen molar-refractivity contribution >= 4 is 11.7 Å². The third-order valence-electron chi connectivity index (χ3n) is 3.59. The quantitative estimate of drug-likeness (QED) is 0.795. The second-order valence-corrected chi connectivity index (χ2v) is 5.39. The molecule has 0 unspecified atom stereocenters. The molecule has 0 spiro atoms. The second kappa shape index (κ2) is 7.25. The van der Waals surface area contributed by atoms with Crippen LogP contribution in [0.5, 0.6) is 5.75 Å². The van der Waals surface area contributed by atoms with E-state index in [-0.39, 0.29) is 24.0 Å². The normalized spacial score (nSPS) is 10.8. The van der Waals surface area contributed by atoms with Crippen LogP contribution >= 0.6 is 0 Å². The van der Waals surface area contributed by atoms with Gasteiger partial charge in [-0.2, -0.15) is 8.78 Å². The molecule has 7 heteroatoms. The molecular weight excluding hydrogens is 318 g/mol. The Morgan fingerprint density at radius 3 is 2.58 bits per heavy atom. The summed E-state index contributed by atoms with van der Waals surface area (Å²) in [7, 11) is 0. The molecule has 2 rings (SSSR count). The summed E-state index contributed by atoms with van der Waals surface area (Å²) in [6, 6.07) is 6.10. The number of ether oxygens (including phenoxy) is 1. The van der Waals surface area contributed by atoms with Crippen LogP contribution in [-0.2, 0) is 6.54 Å². The van der Waals surface area contributed by atoms with E-state index in [1.807, 2.05) is 0 Å². The molecule has 0 saturated carbocycles. The molecule has 0 bridgehead atoms. The highest BCUT2D eigenvalue weighted by molar-refractivity contribution is 6.02. The van der Waals surface area contributed by atoms with E-state index in [0.717, 1.165) is 0 Å². The standard InChI is InChI=1S/C17H18F2N2O3/c1-9-14(11(3)22)10(2)21-15(9)16(23)20-8-12-5-4-6-13(7-12)24-17(18)19/h4-7,17,21H,8H2,1-3H3,(H,20,23). The third-order valence-corrected chi connectivity index (χ3v) is 3.59. The van der Waals surface area contributed by atoms with E-state index >= 15 is 0 Å². The number of hydrogen-bond donors (Lipinski definition) is 2. The monoisotopic (exact) mass is 336 g/mol. The summed E-state index contributed by atoms with van der Waals surface area (Å²) >= 11 is 0. The smallest absolute Gasteiger partial charge is 0.387 e. The SMILES string of the molecule is CC(=O)c1c(C)[nH]c(C(=O)NCc2cccc(OC(F)F)c2)c1C. The number of aromatic nitrogens is 1. The number of Topliss-reactive ketones (excluding diaryl/α,β-unsaturated/α-hetero) is 1. The number of H-pyrrole nitrogens is 1. The van der Waals surface area contributed by atoms with Gasteiger partial charge in [-0.05, 0) is 44.0 Å². The Morgan fingerprint density at radius 1 is 1.29 bits per heavy atom. The number of carbonyl (C=O) groups excluding carboxylic acids is 2. The average Bonchev–Trinajstić information content (AvgIpc) is 2.79. The molecular formula is C17H18F2N2O3. The highest BCUT2D eigenvalue weighted by atomic mass is 19.3. The van der Waals surface area contributed by atoms with Crippen LogP contribution in [0.25, 0.3) is 0 Å². The molecule has 1 aromatic carbocycles. The number of amides is 1. The van der Waals surface area contributed by atoms with Gasteiger partial charge >= 0.3 is 6.61 Å². The van der Waals surface area contributed by atoms with E-state index in [1.165, 1.54) is 19.1 Å². The molecule has 1 amide bonds. The summed E-state index contributed by atoms with van der Waals surface area (Å²) in [5, 5.41) is 2.69. The van der Waals surface area contributed by atoms with Crippen LogP contribution in [0.3, 0.4) is 0 Å². The first-order valence-corrected chi connectivity index (χ1v) is 7.31. The fourth-order valence-corrected chi connectivity index (χ4v) is 2.61. The van der Waals surface area contributed by atoms with Crippen molar-refractivity contribution in [2.75, 3.05) is 0 Å². The number of aryl methyl sites for hydroxylation is 1. The molecule has 0 saturated heterocycles. The molecule has 0 radical (unpaired) electrons. The van der Waals surface area contributed by atoms with Crippen molar-refractivity contribution in [1.82, 2.24) is 10.3 Å². The van der Waals surface area contributed by atoms with Gasteiger partial charge in [-0.3, -0.25) is 9.59 Å². The highest BCUT2D eigenvalue weighted by Gasteiger charge is 2.19. The van der Waals surface area contributed by atoms with Crippen molar-refractivity contribution in [2.24, 2.45) is 0 Å². The maximum Gasteiger partial charge on any atom is 0.387 e. The van der Waals surface area contributed by atoms with Crippen molar-refractivity contribution in [3.05, 3.63) is 52.3 Å². The van der Waals surface area contributed by atoms with Gasteiger partial charge in [-0.25, -0.2) is 0 Å². The number of hydrogen-bond acceptors (Lipinski definition) is 3. The van der Waals surface area contributed by atoms with Gasteiger partial charge in [0.15, 0.2) is 5.78 Å². The van der Waals surface area contributed by atoms with Crippen molar-refractivity contribution in [3.63, 3.8) is 0 Å². The Bertz CT molecular complexity index is 769. The Hall–Kier alpha value is -2.70. The molecule has 0 aliphatic carbocycles. The molecule has 1 heterocycles. The largest absolute Gasteiger partial charge is 0.435 e. The van der Waals surface area contributed by atoms with E-state index in [9.17, 15) is 18.4 Å². The first kappa shape index (κ1) is 17.7. The van der Waals surface area contributed by atoms with Crippen LogP contribution in [-0.4, -0.2) is 23.3 Å². The van der Waals surface area contributed by atoms with Gasteiger partial charge in [-0.15, -0.1) is 0 Å². The molecule has 0 aliphatic rings. The number of aromatic amines is 1. The van der Waals surface area contributed by atoms with E-state index in [4.69, 9.17) is 0 Å². The summed E-state index contributed by atoms with van der Waals surface area (Å²) in [4.78, 5) is 26.8. The zero-order valence-corrected chi connectivity index (χ0v) is 13.6. The molecule has 0 aliphatic heterocycles. The Labute approximate surface area is 138 Å². The van der Waals surface area contributed by atoms with Crippen LogP contribution in [0, 0.1) is 13.8 Å². The zero-order chi connectivity index (χ0) is 17.9. The fourth-order valence-electron chi connectivity index (χ4n) is 2.61. The summed E-state index contributed by atoms with van der Waals surface area (Å²) in [5.74, 6) is -0.456. The van der Waals surface area contributed by atoms with Gasteiger partial charge in [0.1, 0.15) is 11.4 Å². The fraction of sp³-hybridized carbons (Fsp3) is 0.294. The van der Waals surface area contributed by atoms with Crippen molar-refractivity contribution in [1.29, 1.82) is 0 Å². The third kappa shape index (κ3) is 3.98. The summed E-state index contributed by atoms with van der Waals surface area (Å²) in [6.45, 7) is 2.12. The zero-order valence-electron chi connectivity index (χ0n) is 13.6. The number of rotatable bonds is 6. The lowest BCUT2D eigenvalue weighted by Crippen LogP contribution is -2.24. The molecule has 24 heavy (non-hydrogen) atoms. The minimum Gasteiger partial charge on any atom is -0.435 e. The first-order chi connectivity index (χ1) is 11.3. The Morgan fingerprint density at radius 2 is 2.00 bits per heavy atom. The minimum atomic E-state index is -2.90. The van der Waals surface area contributed by atoms with E-state index in [2.05, 4.69) is 15.0 Å². The Balaban J connectivity index is 2.09. The van der Waals surface area contributed by atoms with Crippen molar-refractivity contribution in [3.8, 4) is 5.75 Å². The average molecular weight is 336 g/mol. The predicted octanol–water partition coefficient (Wildman–Crippen LogP) is 3.37. The van der Waals surface area contributed by atoms with E-state index in [1.54, 1.807) is 26.0 Å². The predicted molar refractivity (Wildman–Crippen MR) is 84.5 cm³/mol. The van der Waals surface area contributed by atoms with Gasteiger partial charge < -0.3 is 15.0 Å². The summed E-state index contributed by atoms with van der Waals surface area (Å²) in [5.41, 5.74) is 2.67. The van der Waals surface area contributed by atoms with Crippen LogP contribution in [0.1, 0.15) is 44.6 Å². The van der Waals surface area contributed by atoms with Gasteiger partial charge in [0, 0.05) is 17.8 Å². The Kier molecular flexibility index (Phi) is 5.33. The molecule has 0 fully saturated rings. The maximum atomic E-state index is 12.3. The van der Waals surface area contributed by atoms with Crippen LogP contribution < -0.4 is 10.1 Å². The molecule has 1 aromatic heterocycles. The number of ketones is 1. The van der Waals surface area contributed by atoms with Crippen LogP contribution in [0.4, 0.5) is 8.78 Å². The van der Waals surface area contributed by atoms with Gasteiger partial charge in [0.05, 0.1) is 0 Å². The topological polar surface area (TPSA) is 71.2 Å². The molecule has 2 aromatic rings. The minimum absolute atomic E-state index is 0.0301.